The maximum atomic E-state index is 12.7. The second-order valence-corrected chi connectivity index (χ2v) is 9.09. The van der Waals surface area contributed by atoms with E-state index in [-0.39, 0.29) is 23.5 Å². The zero-order chi connectivity index (χ0) is 17.2. The van der Waals surface area contributed by atoms with Crippen molar-refractivity contribution in [2.24, 2.45) is 5.73 Å². The van der Waals surface area contributed by atoms with Crippen LogP contribution < -0.4 is 5.73 Å². The third-order valence-corrected chi connectivity index (χ3v) is 6.37. The lowest BCUT2D eigenvalue weighted by Crippen LogP contribution is -2.45. The summed E-state index contributed by atoms with van der Waals surface area (Å²) in [5, 5.41) is 0. The maximum Gasteiger partial charge on any atom is 0.253 e. The van der Waals surface area contributed by atoms with Crippen molar-refractivity contribution in [3.05, 3.63) is 35.4 Å². The third kappa shape index (κ3) is 4.34. The molecule has 2 saturated heterocycles. The molecule has 1 aromatic rings. The third-order valence-electron chi connectivity index (χ3n) is 4.76. The Morgan fingerprint density at radius 2 is 1.96 bits per heavy atom. The molecule has 132 valence electrons. The van der Waals surface area contributed by atoms with Crippen LogP contribution in [0.5, 0.6) is 0 Å². The number of piperidine rings is 1. The zero-order valence-corrected chi connectivity index (χ0v) is 14.7. The number of benzene rings is 1. The lowest BCUT2D eigenvalue weighted by molar-refractivity contribution is 0.0708. The fourth-order valence-corrected chi connectivity index (χ4v) is 4.62. The minimum absolute atomic E-state index is 0.0354. The van der Waals surface area contributed by atoms with Crippen LogP contribution in [0.2, 0.25) is 0 Å². The van der Waals surface area contributed by atoms with Crippen LogP contribution in [0.25, 0.3) is 0 Å². The minimum atomic E-state index is -2.86. The first-order valence-corrected chi connectivity index (χ1v) is 10.3. The van der Waals surface area contributed by atoms with Gasteiger partial charge in [-0.3, -0.25) is 9.69 Å². The molecular formula is C17H25N3O3S. The van der Waals surface area contributed by atoms with E-state index in [0.717, 1.165) is 24.9 Å². The van der Waals surface area contributed by atoms with E-state index in [1.807, 2.05) is 29.2 Å². The average molecular weight is 351 g/mol. The summed E-state index contributed by atoms with van der Waals surface area (Å²) in [4.78, 5) is 16.6. The van der Waals surface area contributed by atoms with Crippen LogP contribution >= 0.6 is 0 Å². The molecule has 3 rings (SSSR count). The fraction of sp³-hybridized carbons (Fsp3) is 0.588. The van der Waals surface area contributed by atoms with E-state index in [1.165, 1.54) is 0 Å². The van der Waals surface area contributed by atoms with Gasteiger partial charge in [-0.15, -0.1) is 0 Å². The molecule has 0 spiro atoms. The van der Waals surface area contributed by atoms with Gasteiger partial charge in [-0.2, -0.15) is 0 Å². The van der Waals surface area contributed by atoms with E-state index in [2.05, 4.69) is 4.90 Å². The van der Waals surface area contributed by atoms with Gasteiger partial charge in [-0.25, -0.2) is 8.42 Å². The smallest absolute Gasteiger partial charge is 0.253 e. The standard InChI is InChI=1S/C17H25N3O3S/c18-16-5-2-6-20(13-16)17(21)15-4-1-3-14(11-15)12-19-7-9-24(22,23)10-8-19/h1,3-4,11,16H,2,5-10,12-13,18H2. The summed E-state index contributed by atoms with van der Waals surface area (Å²) in [5.74, 6) is 0.474. The Bertz CT molecular complexity index is 691. The van der Waals surface area contributed by atoms with Gasteiger partial charge in [-0.1, -0.05) is 12.1 Å². The van der Waals surface area contributed by atoms with Crippen molar-refractivity contribution in [2.45, 2.75) is 25.4 Å². The predicted molar refractivity (Wildman–Crippen MR) is 93.5 cm³/mol. The summed E-state index contributed by atoms with van der Waals surface area (Å²) in [5.41, 5.74) is 7.70. The van der Waals surface area contributed by atoms with Crippen molar-refractivity contribution in [1.82, 2.24) is 9.80 Å². The van der Waals surface area contributed by atoms with Crippen molar-refractivity contribution < 1.29 is 13.2 Å². The summed E-state index contributed by atoms with van der Waals surface area (Å²) in [7, 11) is -2.86. The molecule has 1 atom stereocenters. The van der Waals surface area contributed by atoms with E-state index in [4.69, 9.17) is 5.73 Å². The fourth-order valence-electron chi connectivity index (χ4n) is 3.35. The highest BCUT2D eigenvalue weighted by molar-refractivity contribution is 7.91. The van der Waals surface area contributed by atoms with E-state index in [9.17, 15) is 13.2 Å². The molecular weight excluding hydrogens is 326 g/mol. The molecule has 0 aliphatic carbocycles. The van der Waals surface area contributed by atoms with Gasteiger partial charge in [0, 0.05) is 44.3 Å². The molecule has 0 aromatic heterocycles. The second kappa shape index (κ2) is 7.21. The van der Waals surface area contributed by atoms with Gasteiger partial charge in [0.05, 0.1) is 11.5 Å². The number of carbonyl (C=O) groups is 1. The number of amides is 1. The Balaban J connectivity index is 1.64. The molecule has 1 amide bonds. The molecule has 7 heteroatoms. The maximum absolute atomic E-state index is 12.7. The Morgan fingerprint density at radius 3 is 2.67 bits per heavy atom. The molecule has 2 N–H and O–H groups in total. The highest BCUT2D eigenvalue weighted by atomic mass is 32.2. The van der Waals surface area contributed by atoms with E-state index in [1.54, 1.807) is 0 Å². The first-order chi connectivity index (χ1) is 11.4. The number of likely N-dealkylation sites (tertiary alicyclic amines) is 1. The van der Waals surface area contributed by atoms with E-state index in [0.29, 0.717) is 31.7 Å². The minimum Gasteiger partial charge on any atom is -0.337 e. The van der Waals surface area contributed by atoms with Crippen LogP contribution in [0, 0.1) is 0 Å². The molecule has 0 bridgehead atoms. The molecule has 2 fully saturated rings. The normalized spacial score (nSPS) is 24.7. The number of nitrogens with two attached hydrogens (primary N) is 1. The van der Waals surface area contributed by atoms with E-state index < -0.39 is 9.84 Å². The average Bonchev–Trinajstić information content (AvgIpc) is 2.56. The number of hydrogen-bond acceptors (Lipinski definition) is 5. The molecule has 1 aromatic carbocycles. The van der Waals surface area contributed by atoms with Gasteiger partial charge < -0.3 is 10.6 Å². The van der Waals surface area contributed by atoms with Crippen molar-refractivity contribution in [3.63, 3.8) is 0 Å². The Labute approximate surface area is 143 Å². The van der Waals surface area contributed by atoms with Gasteiger partial charge in [-0.05, 0) is 30.5 Å². The number of rotatable bonds is 3. The molecule has 2 heterocycles. The Hall–Kier alpha value is -1.44. The molecule has 2 aliphatic rings. The quantitative estimate of drug-likeness (QED) is 0.856. The van der Waals surface area contributed by atoms with Gasteiger partial charge in [0.2, 0.25) is 0 Å². The number of nitrogens with zero attached hydrogens (tertiary/aromatic N) is 2. The van der Waals surface area contributed by atoms with Crippen molar-refractivity contribution in [2.75, 3.05) is 37.7 Å². The first-order valence-electron chi connectivity index (χ1n) is 8.49. The SMILES string of the molecule is NC1CCCN(C(=O)c2cccc(CN3CCS(=O)(=O)CC3)c2)C1. The lowest BCUT2D eigenvalue weighted by atomic mass is 10.0. The molecule has 24 heavy (non-hydrogen) atoms. The van der Waals surface area contributed by atoms with Crippen molar-refractivity contribution in [3.8, 4) is 0 Å². The largest absolute Gasteiger partial charge is 0.337 e. The number of sulfone groups is 1. The summed E-state index contributed by atoms with van der Waals surface area (Å²) >= 11 is 0. The van der Waals surface area contributed by atoms with Crippen LogP contribution in [-0.2, 0) is 16.4 Å². The first kappa shape index (κ1) is 17.4. The van der Waals surface area contributed by atoms with Crippen molar-refractivity contribution in [1.29, 1.82) is 0 Å². The monoisotopic (exact) mass is 351 g/mol. The highest BCUT2D eigenvalue weighted by Gasteiger charge is 2.24. The zero-order valence-electron chi connectivity index (χ0n) is 13.9. The van der Waals surface area contributed by atoms with E-state index >= 15 is 0 Å². The predicted octanol–water partition coefficient (Wildman–Crippen LogP) is 0.480. The van der Waals surface area contributed by atoms with Crippen LogP contribution in [0.3, 0.4) is 0 Å². The van der Waals surface area contributed by atoms with Gasteiger partial charge in [0.1, 0.15) is 0 Å². The van der Waals surface area contributed by atoms with Crippen LogP contribution in [0.15, 0.2) is 24.3 Å². The number of hydrogen-bond donors (Lipinski definition) is 1. The Kier molecular flexibility index (Phi) is 5.22. The molecule has 0 saturated carbocycles. The van der Waals surface area contributed by atoms with Crippen LogP contribution in [0.1, 0.15) is 28.8 Å². The van der Waals surface area contributed by atoms with Crippen molar-refractivity contribution >= 4 is 15.7 Å². The molecule has 0 radical (unpaired) electrons. The topological polar surface area (TPSA) is 83.7 Å². The molecule has 6 nitrogen and oxygen atoms in total. The molecule has 1 unspecified atom stereocenters. The lowest BCUT2D eigenvalue weighted by Gasteiger charge is -2.31. The summed E-state index contributed by atoms with van der Waals surface area (Å²) in [6.07, 6.45) is 1.93. The molecule has 2 aliphatic heterocycles. The van der Waals surface area contributed by atoms with Crippen LogP contribution in [0.4, 0.5) is 0 Å². The van der Waals surface area contributed by atoms with Crippen LogP contribution in [-0.4, -0.2) is 67.9 Å². The number of carbonyl (C=O) groups excluding carboxylic acids is 1. The van der Waals surface area contributed by atoms with Gasteiger partial charge in [0.25, 0.3) is 5.91 Å². The Morgan fingerprint density at radius 1 is 1.21 bits per heavy atom. The summed E-state index contributed by atoms with van der Waals surface area (Å²) in [6.45, 7) is 3.17. The highest BCUT2D eigenvalue weighted by Crippen LogP contribution is 2.16. The second-order valence-electron chi connectivity index (χ2n) is 6.78. The van der Waals surface area contributed by atoms with Gasteiger partial charge in [0.15, 0.2) is 9.84 Å². The summed E-state index contributed by atoms with van der Waals surface area (Å²) in [6, 6.07) is 7.72. The van der Waals surface area contributed by atoms with Gasteiger partial charge >= 0.3 is 0 Å². The summed E-state index contributed by atoms with van der Waals surface area (Å²) < 4.78 is 23.0.